The van der Waals surface area contributed by atoms with Gasteiger partial charge in [0.2, 0.25) is 5.91 Å². The third-order valence-electron chi connectivity index (χ3n) is 4.00. The van der Waals surface area contributed by atoms with Gasteiger partial charge in [-0.15, -0.1) is 0 Å². The molecule has 1 amide bonds. The standard InChI is InChI=1S/C22H26N2O3S/c1-16-13-17(2)15-19(14-16)23-22(28)24-20(25)10-11-21(26)27-12-6-9-18-7-4-3-5-8-18/h3-5,7-8,13-15H,6,9-12H2,1-2H3,(H2,23,24,25,28). The van der Waals surface area contributed by atoms with Gasteiger partial charge < -0.3 is 15.4 Å². The lowest BCUT2D eigenvalue weighted by Crippen LogP contribution is -2.34. The van der Waals surface area contributed by atoms with Gasteiger partial charge in [0.1, 0.15) is 0 Å². The molecule has 0 aliphatic carbocycles. The van der Waals surface area contributed by atoms with E-state index in [0.29, 0.717) is 6.61 Å². The second-order valence-electron chi connectivity index (χ2n) is 6.69. The fraction of sp³-hybridized carbons (Fsp3) is 0.318. The molecule has 28 heavy (non-hydrogen) atoms. The number of rotatable bonds is 8. The first-order valence-electron chi connectivity index (χ1n) is 9.31. The zero-order chi connectivity index (χ0) is 20.4. The lowest BCUT2D eigenvalue weighted by molar-refractivity contribution is -0.145. The number of hydrogen-bond donors (Lipinski definition) is 2. The summed E-state index contributed by atoms with van der Waals surface area (Å²) in [4.78, 5) is 23.7. The van der Waals surface area contributed by atoms with E-state index in [1.807, 2.05) is 56.3 Å². The third-order valence-corrected chi connectivity index (χ3v) is 4.21. The fourth-order valence-electron chi connectivity index (χ4n) is 2.79. The number of benzene rings is 2. The highest BCUT2D eigenvalue weighted by molar-refractivity contribution is 7.80. The number of carbonyl (C=O) groups excluding carboxylic acids is 2. The number of esters is 1. The fourth-order valence-corrected chi connectivity index (χ4v) is 3.02. The predicted molar refractivity (Wildman–Crippen MR) is 115 cm³/mol. The number of nitrogens with one attached hydrogen (secondary N) is 2. The van der Waals surface area contributed by atoms with Crippen molar-refractivity contribution in [2.75, 3.05) is 11.9 Å². The van der Waals surface area contributed by atoms with Gasteiger partial charge in [0.05, 0.1) is 13.0 Å². The van der Waals surface area contributed by atoms with E-state index >= 15 is 0 Å². The van der Waals surface area contributed by atoms with Crippen molar-refractivity contribution in [3.8, 4) is 0 Å². The Hall–Kier alpha value is -2.73. The second kappa shape index (κ2) is 11.2. The van der Waals surface area contributed by atoms with Gasteiger partial charge in [-0.1, -0.05) is 36.4 Å². The van der Waals surface area contributed by atoms with Crippen LogP contribution in [0.3, 0.4) is 0 Å². The summed E-state index contributed by atoms with van der Waals surface area (Å²) in [6, 6.07) is 16.0. The topological polar surface area (TPSA) is 67.4 Å². The minimum absolute atomic E-state index is 0.0311. The molecule has 0 aliphatic heterocycles. The molecule has 2 aromatic rings. The van der Waals surface area contributed by atoms with E-state index in [4.69, 9.17) is 17.0 Å². The Kier molecular flexibility index (Phi) is 8.62. The summed E-state index contributed by atoms with van der Waals surface area (Å²) in [6.07, 6.45) is 1.67. The Morgan fingerprint density at radius 2 is 1.68 bits per heavy atom. The molecular weight excluding hydrogens is 372 g/mol. The third kappa shape index (κ3) is 8.31. The number of aryl methyl sites for hydroxylation is 3. The average Bonchev–Trinajstić information content (AvgIpc) is 2.63. The molecule has 0 bridgehead atoms. The first-order chi connectivity index (χ1) is 13.4. The van der Waals surface area contributed by atoms with Gasteiger partial charge in [0.15, 0.2) is 5.11 Å². The van der Waals surface area contributed by atoms with Crippen LogP contribution in [0, 0.1) is 13.8 Å². The minimum atomic E-state index is -0.378. The van der Waals surface area contributed by atoms with Crippen LogP contribution >= 0.6 is 12.2 Å². The molecule has 148 valence electrons. The molecule has 0 spiro atoms. The van der Waals surface area contributed by atoms with Gasteiger partial charge >= 0.3 is 5.97 Å². The molecule has 5 nitrogen and oxygen atoms in total. The summed E-state index contributed by atoms with van der Waals surface area (Å²) >= 11 is 5.15. The Labute approximate surface area is 171 Å². The van der Waals surface area contributed by atoms with Crippen LogP contribution in [0.2, 0.25) is 0 Å². The lowest BCUT2D eigenvalue weighted by Gasteiger charge is -2.11. The molecule has 0 saturated heterocycles. The first-order valence-corrected chi connectivity index (χ1v) is 9.72. The van der Waals surface area contributed by atoms with Gasteiger partial charge in [-0.3, -0.25) is 9.59 Å². The molecule has 0 heterocycles. The van der Waals surface area contributed by atoms with E-state index in [2.05, 4.69) is 16.7 Å². The van der Waals surface area contributed by atoms with Crippen molar-refractivity contribution >= 4 is 34.9 Å². The van der Waals surface area contributed by atoms with Crippen molar-refractivity contribution in [2.45, 2.75) is 39.5 Å². The Balaban J connectivity index is 1.61. The summed E-state index contributed by atoms with van der Waals surface area (Å²) < 4.78 is 5.17. The number of thiocarbonyl (C=S) groups is 1. The van der Waals surface area contributed by atoms with Gasteiger partial charge in [-0.25, -0.2) is 0 Å². The van der Waals surface area contributed by atoms with Crippen LogP contribution in [-0.4, -0.2) is 23.6 Å². The number of ether oxygens (including phenoxy) is 1. The van der Waals surface area contributed by atoms with E-state index in [1.54, 1.807) is 0 Å². The van der Waals surface area contributed by atoms with E-state index in [9.17, 15) is 9.59 Å². The van der Waals surface area contributed by atoms with Crippen LogP contribution in [0.5, 0.6) is 0 Å². The molecule has 0 unspecified atom stereocenters. The van der Waals surface area contributed by atoms with Crippen LogP contribution in [-0.2, 0) is 20.7 Å². The molecule has 0 aromatic heterocycles. The quantitative estimate of drug-likeness (QED) is 0.399. The van der Waals surface area contributed by atoms with Gasteiger partial charge in [-0.05, 0) is 67.7 Å². The molecule has 2 rings (SSSR count). The zero-order valence-electron chi connectivity index (χ0n) is 16.3. The predicted octanol–water partition coefficient (Wildman–Crippen LogP) is 4.07. The maximum absolute atomic E-state index is 12.0. The summed E-state index contributed by atoms with van der Waals surface area (Å²) in [7, 11) is 0. The molecular formula is C22H26N2O3S. The Bertz CT molecular complexity index is 802. The highest BCUT2D eigenvalue weighted by Gasteiger charge is 2.10. The molecule has 2 aromatic carbocycles. The first kappa shape index (κ1) is 21.6. The lowest BCUT2D eigenvalue weighted by atomic mass is 10.1. The summed E-state index contributed by atoms with van der Waals surface area (Å²) in [5, 5.41) is 5.78. The van der Waals surface area contributed by atoms with Gasteiger partial charge in [0.25, 0.3) is 0 Å². The second-order valence-corrected chi connectivity index (χ2v) is 7.10. The monoisotopic (exact) mass is 398 g/mol. The van der Waals surface area contributed by atoms with Crippen LogP contribution in [0.15, 0.2) is 48.5 Å². The van der Waals surface area contributed by atoms with Gasteiger partial charge in [-0.2, -0.15) is 0 Å². The van der Waals surface area contributed by atoms with Crippen LogP contribution in [0.1, 0.15) is 36.0 Å². The zero-order valence-corrected chi connectivity index (χ0v) is 17.1. The van der Waals surface area contributed by atoms with E-state index in [-0.39, 0.29) is 29.8 Å². The average molecular weight is 399 g/mol. The summed E-state index contributed by atoms with van der Waals surface area (Å²) in [5.74, 6) is -0.695. The van der Waals surface area contributed by atoms with Gasteiger partial charge in [0, 0.05) is 12.1 Å². The van der Waals surface area contributed by atoms with Crippen molar-refractivity contribution in [3.63, 3.8) is 0 Å². The molecule has 0 saturated carbocycles. The Morgan fingerprint density at radius 1 is 1.00 bits per heavy atom. The molecule has 2 N–H and O–H groups in total. The highest BCUT2D eigenvalue weighted by Crippen LogP contribution is 2.13. The largest absolute Gasteiger partial charge is 0.466 e. The van der Waals surface area contributed by atoms with Crippen LogP contribution < -0.4 is 10.6 Å². The Morgan fingerprint density at radius 3 is 2.36 bits per heavy atom. The molecule has 0 fully saturated rings. The van der Waals surface area contributed by atoms with Crippen LogP contribution in [0.25, 0.3) is 0 Å². The van der Waals surface area contributed by atoms with E-state index in [1.165, 1.54) is 5.56 Å². The number of amides is 1. The SMILES string of the molecule is Cc1cc(C)cc(NC(=S)NC(=O)CCC(=O)OCCCc2ccccc2)c1. The number of carbonyl (C=O) groups is 2. The van der Waals surface area contributed by atoms with Crippen molar-refractivity contribution in [1.29, 1.82) is 0 Å². The molecule has 0 aliphatic rings. The smallest absolute Gasteiger partial charge is 0.306 e. The number of anilines is 1. The molecule has 0 radical (unpaired) electrons. The summed E-state index contributed by atoms with van der Waals surface area (Å²) in [6.45, 7) is 4.33. The molecule has 0 atom stereocenters. The highest BCUT2D eigenvalue weighted by atomic mass is 32.1. The van der Waals surface area contributed by atoms with Crippen molar-refractivity contribution in [3.05, 3.63) is 65.2 Å². The van der Waals surface area contributed by atoms with Crippen molar-refractivity contribution in [1.82, 2.24) is 5.32 Å². The van der Waals surface area contributed by atoms with Crippen molar-refractivity contribution < 1.29 is 14.3 Å². The van der Waals surface area contributed by atoms with Crippen molar-refractivity contribution in [2.24, 2.45) is 0 Å². The normalized spacial score (nSPS) is 10.2. The minimum Gasteiger partial charge on any atom is -0.466 e. The summed E-state index contributed by atoms with van der Waals surface area (Å²) in [5.41, 5.74) is 4.24. The van der Waals surface area contributed by atoms with E-state index in [0.717, 1.165) is 29.7 Å². The molecule has 6 heteroatoms. The maximum Gasteiger partial charge on any atom is 0.306 e. The van der Waals surface area contributed by atoms with E-state index < -0.39 is 0 Å². The number of hydrogen-bond acceptors (Lipinski definition) is 4. The van der Waals surface area contributed by atoms with Crippen LogP contribution in [0.4, 0.5) is 5.69 Å². The maximum atomic E-state index is 12.0.